The van der Waals surface area contributed by atoms with Crippen LogP contribution in [-0.4, -0.2) is 18.0 Å². The Morgan fingerprint density at radius 2 is 2.00 bits per heavy atom. The summed E-state index contributed by atoms with van der Waals surface area (Å²) in [6, 6.07) is 2.15. The summed E-state index contributed by atoms with van der Waals surface area (Å²) in [5.74, 6) is -0.586. The summed E-state index contributed by atoms with van der Waals surface area (Å²) in [5, 5.41) is 8.87. The standard InChI is InChI=1S/C11H19NO2/c1-4-5-6-7-9-10(8-12)14-11(2,3)13-9/h9-10H,4-7H2,1-3H3/t9-,10-/m1/s1. The molecule has 3 nitrogen and oxygen atoms in total. The normalized spacial score (nSPS) is 30.1. The van der Waals surface area contributed by atoms with Crippen molar-refractivity contribution < 1.29 is 9.47 Å². The van der Waals surface area contributed by atoms with Gasteiger partial charge in [-0.05, 0) is 20.3 Å². The van der Waals surface area contributed by atoms with Crippen molar-refractivity contribution in [3.8, 4) is 6.07 Å². The molecule has 0 aromatic heterocycles. The molecule has 1 aliphatic heterocycles. The molecule has 1 rings (SSSR count). The summed E-state index contributed by atoms with van der Waals surface area (Å²) in [4.78, 5) is 0. The van der Waals surface area contributed by atoms with Crippen molar-refractivity contribution in [1.29, 1.82) is 5.26 Å². The molecule has 80 valence electrons. The fourth-order valence-electron chi connectivity index (χ4n) is 1.75. The first-order chi connectivity index (χ1) is 6.59. The van der Waals surface area contributed by atoms with Crippen LogP contribution < -0.4 is 0 Å². The van der Waals surface area contributed by atoms with Gasteiger partial charge in [-0.15, -0.1) is 0 Å². The smallest absolute Gasteiger partial charge is 0.173 e. The number of hydrogen-bond acceptors (Lipinski definition) is 3. The Bertz CT molecular complexity index is 220. The largest absolute Gasteiger partial charge is 0.343 e. The third-order valence-electron chi connectivity index (χ3n) is 2.40. The second-order valence-corrected chi connectivity index (χ2v) is 4.22. The monoisotopic (exact) mass is 197 g/mol. The van der Waals surface area contributed by atoms with Crippen LogP contribution in [0.5, 0.6) is 0 Å². The highest BCUT2D eigenvalue weighted by Crippen LogP contribution is 2.30. The Kier molecular flexibility index (Phi) is 3.91. The molecule has 0 bridgehead atoms. The minimum absolute atomic E-state index is 0.0402. The topological polar surface area (TPSA) is 42.2 Å². The fraction of sp³-hybridized carbons (Fsp3) is 0.909. The first-order valence-electron chi connectivity index (χ1n) is 5.34. The van der Waals surface area contributed by atoms with Crippen LogP contribution in [0, 0.1) is 11.3 Å². The van der Waals surface area contributed by atoms with Crippen molar-refractivity contribution in [1.82, 2.24) is 0 Å². The molecule has 0 amide bonds. The molecule has 0 radical (unpaired) electrons. The van der Waals surface area contributed by atoms with Gasteiger partial charge in [0.2, 0.25) is 0 Å². The van der Waals surface area contributed by atoms with Gasteiger partial charge in [-0.1, -0.05) is 26.2 Å². The summed E-state index contributed by atoms with van der Waals surface area (Å²) < 4.78 is 11.1. The van der Waals surface area contributed by atoms with Gasteiger partial charge in [0.15, 0.2) is 11.9 Å². The second-order valence-electron chi connectivity index (χ2n) is 4.22. The fourth-order valence-corrected chi connectivity index (χ4v) is 1.75. The van der Waals surface area contributed by atoms with Crippen molar-refractivity contribution in [3.05, 3.63) is 0 Å². The molecule has 0 unspecified atom stereocenters. The van der Waals surface area contributed by atoms with Crippen molar-refractivity contribution in [2.24, 2.45) is 0 Å². The lowest BCUT2D eigenvalue weighted by Gasteiger charge is -2.16. The predicted octanol–water partition coefficient (Wildman–Crippen LogP) is 2.61. The minimum Gasteiger partial charge on any atom is -0.343 e. The van der Waals surface area contributed by atoms with E-state index >= 15 is 0 Å². The third-order valence-corrected chi connectivity index (χ3v) is 2.40. The summed E-state index contributed by atoms with van der Waals surface area (Å²) in [7, 11) is 0. The average molecular weight is 197 g/mol. The molecule has 0 aliphatic carbocycles. The maximum atomic E-state index is 8.87. The van der Waals surface area contributed by atoms with E-state index < -0.39 is 5.79 Å². The molecular formula is C11H19NO2. The molecule has 0 aromatic carbocycles. The maximum absolute atomic E-state index is 8.87. The highest BCUT2D eigenvalue weighted by molar-refractivity contribution is 4.96. The SMILES string of the molecule is CCCCC[C@H]1OC(C)(C)O[C@@H]1C#N. The van der Waals surface area contributed by atoms with Gasteiger partial charge in [-0.3, -0.25) is 0 Å². The number of rotatable bonds is 4. The summed E-state index contributed by atoms with van der Waals surface area (Å²) in [6.07, 6.45) is 3.99. The average Bonchev–Trinajstić information content (AvgIpc) is 2.41. The van der Waals surface area contributed by atoms with Crippen LogP contribution in [0.1, 0.15) is 46.5 Å². The Balaban J connectivity index is 2.40. The van der Waals surface area contributed by atoms with Gasteiger partial charge in [-0.25, -0.2) is 0 Å². The van der Waals surface area contributed by atoms with Gasteiger partial charge in [0.1, 0.15) is 6.10 Å². The van der Waals surface area contributed by atoms with Crippen LogP contribution in [0.15, 0.2) is 0 Å². The van der Waals surface area contributed by atoms with E-state index in [9.17, 15) is 0 Å². The lowest BCUT2D eigenvalue weighted by atomic mass is 10.1. The molecule has 14 heavy (non-hydrogen) atoms. The molecule has 0 spiro atoms. The van der Waals surface area contributed by atoms with E-state index in [-0.39, 0.29) is 12.2 Å². The summed E-state index contributed by atoms with van der Waals surface area (Å²) in [5.41, 5.74) is 0. The van der Waals surface area contributed by atoms with Crippen LogP contribution >= 0.6 is 0 Å². The molecule has 2 atom stereocenters. The molecular weight excluding hydrogens is 178 g/mol. The van der Waals surface area contributed by atoms with Gasteiger partial charge in [-0.2, -0.15) is 5.26 Å². The molecule has 0 saturated carbocycles. The quantitative estimate of drug-likeness (QED) is 0.650. The lowest BCUT2D eigenvalue weighted by molar-refractivity contribution is -0.143. The number of ether oxygens (including phenoxy) is 2. The van der Waals surface area contributed by atoms with Gasteiger partial charge in [0.05, 0.1) is 6.07 Å². The van der Waals surface area contributed by atoms with Crippen LogP contribution in [0.25, 0.3) is 0 Å². The zero-order chi connectivity index (χ0) is 10.6. The molecule has 0 aromatic rings. The number of nitriles is 1. The highest BCUT2D eigenvalue weighted by atomic mass is 16.7. The highest BCUT2D eigenvalue weighted by Gasteiger charge is 2.40. The van der Waals surface area contributed by atoms with E-state index in [1.165, 1.54) is 12.8 Å². The Labute approximate surface area is 86.0 Å². The molecule has 1 saturated heterocycles. The number of nitrogens with zero attached hydrogens (tertiary/aromatic N) is 1. The minimum atomic E-state index is -0.586. The van der Waals surface area contributed by atoms with Gasteiger partial charge in [0.25, 0.3) is 0 Å². The zero-order valence-corrected chi connectivity index (χ0v) is 9.25. The summed E-state index contributed by atoms with van der Waals surface area (Å²) in [6.45, 7) is 5.88. The number of hydrogen-bond donors (Lipinski definition) is 0. The van der Waals surface area contributed by atoms with Gasteiger partial charge < -0.3 is 9.47 Å². The van der Waals surface area contributed by atoms with E-state index in [2.05, 4.69) is 13.0 Å². The predicted molar refractivity (Wildman–Crippen MR) is 53.6 cm³/mol. The Hall–Kier alpha value is -0.590. The van der Waals surface area contributed by atoms with Gasteiger partial charge >= 0.3 is 0 Å². The van der Waals surface area contributed by atoms with Crippen LogP contribution in [0.4, 0.5) is 0 Å². The first-order valence-corrected chi connectivity index (χ1v) is 5.34. The van der Waals surface area contributed by atoms with E-state index in [1.54, 1.807) is 0 Å². The van der Waals surface area contributed by atoms with E-state index in [0.717, 1.165) is 12.8 Å². The first kappa shape index (κ1) is 11.5. The molecule has 0 N–H and O–H groups in total. The van der Waals surface area contributed by atoms with Crippen molar-refractivity contribution in [2.75, 3.05) is 0 Å². The third kappa shape index (κ3) is 2.97. The van der Waals surface area contributed by atoms with Crippen LogP contribution in [0.3, 0.4) is 0 Å². The van der Waals surface area contributed by atoms with Crippen LogP contribution in [0.2, 0.25) is 0 Å². The van der Waals surface area contributed by atoms with E-state index in [0.29, 0.717) is 0 Å². The second kappa shape index (κ2) is 4.77. The summed E-state index contributed by atoms with van der Waals surface area (Å²) >= 11 is 0. The van der Waals surface area contributed by atoms with E-state index in [4.69, 9.17) is 14.7 Å². The zero-order valence-electron chi connectivity index (χ0n) is 9.25. The lowest BCUT2D eigenvalue weighted by Crippen LogP contribution is -2.21. The molecule has 1 heterocycles. The van der Waals surface area contributed by atoms with Crippen molar-refractivity contribution >= 4 is 0 Å². The molecule has 3 heteroatoms. The van der Waals surface area contributed by atoms with Crippen molar-refractivity contribution in [3.63, 3.8) is 0 Å². The number of unbranched alkanes of at least 4 members (excludes halogenated alkanes) is 2. The van der Waals surface area contributed by atoms with Crippen LogP contribution in [-0.2, 0) is 9.47 Å². The van der Waals surface area contributed by atoms with Crippen molar-refractivity contribution in [2.45, 2.75) is 64.4 Å². The maximum Gasteiger partial charge on any atom is 0.173 e. The molecule has 1 fully saturated rings. The molecule has 1 aliphatic rings. The Morgan fingerprint density at radius 1 is 1.29 bits per heavy atom. The van der Waals surface area contributed by atoms with E-state index in [1.807, 2.05) is 13.8 Å². The van der Waals surface area contributed by atoms with Gasteiger partial charge in [0, 0.05) is 0 Å². The Morgan fingerprint density at radius 3 is 2.57 bits per heavy atom.